The van der Waals surface area contributed by atoms with E-state index in [1.165, 1.54) is 12.3 Å². The lowest BCUT2D eigenvalue weighted by molar-refractivity contribution is -0.136. The van der Waals surface area contributed by atoms with Crippen molar-refractivity contribution in [3.63, 3.8) is 0 Å². The number of hydrogen-bond donors (Lipinski definition) is 2. The molecule has 4 rings (SSSR count). The molecule has 170 valence electrons. The summed E-state index contributed by atoms with van der Waals surface area (Å²) >= 11 is 12.0. The number of benzene rings is 3. The summed E-state index contributed by atoms with van der Waals surface area (Å²) in [6.07, 6.45) is 3.24. The minimum atomic E-state index is -0.959. The summed E-state index contributed by atoms with van der Waals surface area (Å²) in [6.45, 7) is 2.01. The van der Waals surface area contributed by atoms with Crippen LogP contribution >= 0.6 is 23.2 Å². The smallest absolute Gasteiger partial charge is 0.316 e. The standard InChI is InChI=1S/C25H19Cl2N5O2/c1-16-10-12-17(13-11-16)23-18(15-32(31-23)19-6-3-2-4-7-19)14-28-30-25(34)24(33)29-21-9-5-8-20(26)22(21)27/h2-15H,1H3,(H,29,33)(H,30,34). The Labute approximate surface area is 206 Å². The zero-order valence-electron chi connectivity index (χ0n) is 18.0. The van der Waals surface area contributed by atoms with Crippen molar-refractivity contribution in [2.75, 3.05) is 5.32 Å². The van der Waals surface area contributed by atoms with Gasteiger partial charge in [0.1, 0.15) is 5.69 Å². The second kappa shape index (κ2) is 10.3. The van der Waals surface area contributed by atoms with Gasteiger partial charge in [-0.15, -0.1) is 0 Å². The average Bonchev–Trinajstić information content (AvgIpc) is 3.27. The molecule has 0 unspecified atom stereocenters. The Balaban J connectivity index is 1.54. The number of anilines is 1. The SMILES string of the molecule is Cc1ccc(-c2nn(-c3ccccc3)cc2C=NNC(=O)C(=O)Nc2cccc(Cl)c2Cl)cc1. The highest BCUT2D eigenvalue weighted by molar-refractivity contribution is 6.45. The monoisotopic (exact) mass is 491 g/mol. The van der Waals surface area contributed by atoms with Crippen LogP contribution in [0.1, 0.15) is 11.1 Å². The summed E-state index contributed by atoms with van der Waals surface area (Å²) in [7, 11) is 0. The molecule has 0 saturated carbocycles. The molecule has 0 aliphatic carbocycles. The third kappa shape index (κ3) is 5.33. The van der Waals surface area contributed by atoms with Gasteiger partial charge in [0.2, 0.25) is 0 Å². The molecule has 4 aromatic rings. The Morgan fingerprint density at radius 3 is 2.41 bits per heavy atom. The van der Waals surface area contributed by atoms with E-state index in [-0.39, 0.29) is 15.7 Å². The van der Waals surface area contributed by atoms with Crippen molar-refractivity contribution in [3.05, 3.63) is 100 Å². The Morgan fingerprint density at radius 1 is 0.941 bits per heavy atom. The third-order valence-electron chi connectivity index (χ3n) is 4.86. The molecule has 2 amide bonds. The second-order valence-corrected chi connectivity index (χ2v) is 8.12. The van der Waals surface area contributed by atoms with Crippen LogP contribution in [0, 0.1) is 6.92 Å². The topological polar surface area (TPSA) is 88.4 Å². The molecule has 0 spiro atoms. The van der Waals surface area contributed by atoms with E-state index in [1.54, 1.807) is 23.0 Å². The van der Waals surface area contributed by atoms with E-state index in [4.69, 9.17) is 28.3 Å². The van der Waals surface area contributed by atoms with E-state index < -0.39 is 11.8 Å². The van der Waals surface area contributed by atoms with E-state index in [1.807, 2.05) is 61.5 Å². The molecule has 3 aromatic carbocycles. The Morgan fingerprint density at radius 2 is 1.68 bits per heavy atom. The molecule has 7 nitrogen and oxygen atoms in total. The summed E-state index contributed by atoms with van der Waals surface area (Å²) < 4.78 is 1.73. The molecule has 9 heteroatoms. The molecular formula is C25H19Cl2N5O2. The first-order valence-corrected chi connectivity index (χ1v) is 11.0. The van der Waals surface area contributed by atoms with Crippen molar-refractivity contribution in [1.82, 2.24) is 15.2 Å². The maximum Gasteiger partial charge on any atom is 0.329 e. The molecule has 0 atom stereocenters. The average molecular weight is 492 g/mol. The van der Waals surface area contributed by atoms with Crippen molar-refractivity contribution < 1.29 is 9.59 Å². The number of carbonyl (C=O) groups excluding carboxylic acids is 2. The van der Waals surface area contributed by atoms with Crippen LogP contribution < -0.4 is 10.7 Å². The third-order valence-corrected chi connectivity index (χ3v) is 5.68. The molecule has 34 heavy (non-hydrogen) atoms. The second-order valence-electron chi connectivity index (χ2n) is 7.33. The van der Waals surface area contributed by atoms with Gasteiger partial charge in [0.15, 0.2) is 0 Å². The molecule has 0 aliphatic heterocycles. The maximum absolute atomic E-state index is 12.2. The van der Waals surface area contributed by atoms with Gasteiger partial charge in [-0.3, -0.25) is 9.59 Å². The number of nitrogens with one attached hydrogen (secondary N) is 2. The maximum atomic E-state index is 12.2. The first-order valence-electron chi connectivity index (χ1n) is 10.2. The summed E-state index contributed by atoms with van der Waals surface area (Å²) in [5, 5.41) is 11.5. The van der Waals surface area contributed by atoms with Crippen LogP contribution in [0.2, 0.25) is 10.0 Å². The minimum absolute atomic E-state index is 0.143. The fraction of sp³-hybridized carbons (Fsp3) is 0.0400. The van der Waals surface area contributed by atoms with Crippen LogP contribution in [0.4, 0.5) is 5.69 Å². The molecule has 0 fully saturated rings. The predicted octanol–water partition coefficient (Wildman–Crippen LogP) is 5.24. The summed E-state index contributed by atoms with van der Waals surface area (Å²) in [6, 6.07) is 22.2. The van der Waals surface area contributed by atoms with E-state index in [2.05, 4.69) is 15.8 Å². The number of carbonyl (C=O) groups is 2. The molecule has 0 radical (unpaired) electrons. The van der Waals surface area contributed by atoms with Crippen LogP contribution in [0.15, 0.2) is 84.1 Å². The van der Waals surface area contributed by atoms with Crippen LogP contribution in [0.25, 0.3) is 16.9 Å². The lowest BCUT2D eigenvalue weighted by atomic mass is 10.1. The van der Waals surface area contributed by atoms with Gasteiger partial charge in [0.05, 0.1) is 27.6 Å². The lowest BCUT2D eigenvalue weighted by Gasteiger charge is -2.06. The van der Waals surface area contributed by atoms with Gasteiger partial charge in [-0.1, -0.05) is 77.3 Å². The summed E-state index contributed by atoms with van der Waals surface area (Å²) in [4.78, 5) is 24.4. The van der Waals surface area contributed by atoms with Crippen molar-refractivity contribution >= 4 is 46.9 Å². The lowest BCUT2D eigenvalue weighted by Crippen LogP contribution is -2.32. The molecule has 0 saturated heterocycles. The predicted molar refractivity (Wildman–Crippen MR) is 135 cm³/mol. The van der Waals surface area contributed by atoms with Gasteiger partial charge < -0.3 is 5.32 Å². The van der Waals surface area contributed by atoms with Crippen molar-refractivity contribution in [3.8, 4) is 16.9 Å². The van der Waals surface area contributed by atoms with Crippen LogP contribution in [0.3, 0.4) is 0 Å². The number of hydrogen-bond acceptors (Lipinski definition) is 4. The number of aryl methyl sites for hydroxylation is 1. The minimum Gasteiger partial charge on any atom is -0.316 e. The van der Waals surface area contributed by atoms with Crippen LogP contribution in [-0.2, 0) is 9.59 Å². The van der Waals surface area contributed by atoms with Crippen LogP contribution in [0.5, 0.6) is 0 Å². The first-order chi connectivity index (χ1) is 16.4. The van der Waals surface area contributed by atoms with Gasteiger partial charge >= 0.3 is 11.8 Å². The number of halogens is 2. The highest BCUT2D eigenvalue weighted by atomic mass is 35.5. The van der Waals surface area contributed by atoms with Gasteiger partial charge in [-0.25, -0.2) is 10.1 Å². The number of hydrazone groups is 1. The Hall–Kier alpha value is -3.94. The Kier molecular flexibility index (Phi) is 7.06. The molecular weight excluding hydrogens is 473 g/mol. The largest absolute Gasteiger partial charge is 0.329 e. The number of amides is 2. The van der Waals surface area contributed by atoms with Crippen molar-refractivity contribution in [2.24, 2.45) is 5.10 Å². The fourth-order valence-electron chi connectivity index (χ4n) is 3.12. The molecule has 0 bridgehead atoms. The summed E-state index contributed by atoms with van der Waals surface area (Å²) in [5.74, 6) is -1.89. The molecule has 1 aromatic heterocycles. The molecule has 0 aliphatic rings. The van der Waals surface area contributed by atoms with E-state index in [0.29, 0.717) is 11.3 Å². The number of aromatic nitrogens is 2. The number of nitrogens with zero attached hydrogens (tertiary/aromatic N) is 3. The van der Waals surface area contributed by atoms with Gasteiger partial charge in [-0.2, -0.15) is 10.2 Å². The van der Waals surface area contributed by atoms with Gasteiger partial charge in [-0.05, 0) is 31.2 Å². The van der Waals surface area contributed by atoms with E-state index in [9.17, 15) is 9.59 Å². The zero-order valence-corrected chi connectivity index (χ0v) is 19.5. The molecule has 1 heterocycles. The van der Waals surface area contributed by atoms with Crippen molar-refractivity contribution in [1.29, 1.82) is 0 Å². The van der Waals surface area contributed by atoms with Gasteiger partial charge in [0, 0.05) is 17.3 Å². The van der Waals surface area contributed by atoms with Crippen LogP contribution in [-0.4, -0.2) is 27.8 Å². The first kappa shape index (κ1) is 23.2. The molecule has 2 N–H and O–H groups in total. The summed E-state index contributed by atoms with van der Waals surface area (Å²) in [5.41, 5.74) is 6.68. The van der Waals surface area contributed by atoms with E-state index >= 15 is 0 Å². The number of para-hydroxylation sites is 1. The van der Waals surface area contributed by atoms with Crippen molar-refractivity contribution in [2.45, 2.75) is 6.92 Å². The van der Waals surface area contributed by atoms with E-state index in [0.717, 1.165) is 16.8 Å². The highest BCUT2D eigenvalue weighted by Crippen LogP contribution is 2.29. The fourth-order valence-corrected chi connectivity index (χ4v) is 3.47. The Bertz CT molecular complexity index is 1370. The van der Waals surface area contributed by atoms with Gasteiger partial charge in [0.25, 0.3) is 0 Å². The normalized spacial score (nSPS) is 10.9. The highest BCUT2D eigenvalue weighted by Gasteiger charge is 2.16. The zero-order chi connectivity index (χ0) is 24.1. The number of rotatable bonds is 5. The quantitative estimate of drug-likeness (QED) is 0.227.